The summed E-state index contributed by atoms with van der Waals surface area (Å²) >= 11 is 1.94. The van der Waals surface area contributed by atoms with E-state index in [1.54, 1.807) is 0 Å². The predicted molar refractivity (Wildman–Crippen MR) is 76.8 cm³/mol. The highest BCUT2D eigenvalue weighted by atomic mass is 32.2. The summed E-state index contributed by atoms with van der Waals surface area (Å²) in [6.07, 6.45) is 1.20. The zero-order chi connectivity index (χ0) is 12.7. The Labute approximate surface area is 109 Å². The lowest BCUT2D eigenvalue weighted by Crippen LogP contribution is -2.14. The monoisotopic (exact) mass is 253 g/mol. The molecule has 0 fully saturated rings. The van der Waals surface area contributed by atoms with Gasteiger partial charge in [0.15, 0.2) is 0 Å². The van der Waals surface area contributed by atoms with E-state index in [1.807, 2.05) is 30.8 Å². The molecular weight excluding hydrogens is 230 g/mol. The summed E-state index contributed by atoms with van der Waals surface area (Å²) in [7, 11) is 0. The van der Waals surface area contributed by atoms with Gasteiger partial charge in [-0.05, 0) is 31.0 Å². The fraction of sp³-hybridized carbons (Fsp3) is 0.571. The average molecular weight is 253 g/mol. The van der Waals surface area contributed by atoms with E-state index in [9.17, 15) is 0 Å². The van der Waals surface area contributed by atoms with E-state index >= 15 is 0 Å². The van der Waals surface area contributed by atoms with Crippen molar-refractivity contribution in [1.82, 2.24) is 0 Å². The topological polar surface area (TPSA) is 35.2 Å². The zero-order valence-corrected chi connectivity index (χ0v) is 11.8. The molecule has 0 aliphatic heterocycles. The second-order valence-electron chi connectivity index (χ2n) is 4.16. The van der Waals surface area contributed by atoms with Crippen LogP contribution in [-0.2, 0) is 0 Å². The summed E-state index contributed by atoms with van der Waals surface area (Å²) in [4.78, 5) is 0. The van der Waals surface area contributed by atoms with E-state index in [0.717, 1.165) is 11.5 Å². The van der Waals surface area contributed by atoms with Gasteiger partial charge in [-0.1, -0.05) is 26.0 Å². The maximum Gasteiger partial charge on any atom is 0.119 e. The van der Waals surface area contributed by atoms with Gasteiger partial charge in [-0.15, -0.1) is 0 Å². The molecule has 1 rings (SSSR count). The molecule has 0 heterocycles. The SMILES string of the molecule is CCOc1ccc(C(N)CSC(C)CC)cc1. The maximum absolute atomic E-state index is 6.16. The molecule has 2 atom stereocenters. The van der Waals surface area contributed by atoms with Gasteiger partial charge in [0, 0.05) is 17.0 Å². The minimum atomic E-state index is 0.115. The molecule has 1 aromatic rings. The van der Waals surface area contributed by atoms with Gasteiger partial charge in [0.1, 0.15) is 5.75 Å². The third-order valence-corrected chi connectivity index (χ3v) is 4.21. The molecule has 0 aliphatic carbocycles. The van der Waals surface area contributed by atoms with E-state index in [4.69, 9.17) is 10.5 Å². The lowest BCUT2D eigenvalue weighted by atomic mass is 10.1. The van der Waals surface area contributed by atoms with Crippen molar-refractivity contribution in [2.75, 3.05) is 12.4 Å². The minimum Gasteiger partial charge on any atom is -0.494 e. The molecule has 3 heteroatoms. The van der Waals surface area contributed by atoms with Crippen LogP contribution in [0.25, 0.3) is 0 Å². The minimum absolute atomic E-state index is 0.115. The molecule has 0 radical (unpaired) electrons. The van der Waals surface area contributed by atoms with Gasteiger partial charge >= 0.3 is 0 Å². The molecule has 0 amide bonds. The molecule has 2 nitrogen and oxygen atoms in total. The number of thioether (sulfide) groups is 1. The Morgan fingerprint density at radius 3 is 2.41 bits per heavy atom. The van der Waals surface area contributed by atoms with Gasteiger partial charge in [-0.3, -0.25) is 0 Å². The zero-order valence-electron chi connectivity index (χ0n) is 11.0. The molecule has 0 bridgehead atoms. The first-order valence-electron chi connectivity index (χ1n) is 6.27. The summed E-state index contributed by atoms with van der Waals surface area (Å²) < 4.78 is 5.41. The molecule has 96 valence electrons. The second kappa shape index (κ2) is 7.62. The van der Waals surface area contributed by atoms with E-state index in [1.165, 1.54) is 12.0 Å². The molecular formula is C14H23NOS. The molecule has 1 aromatic carbocycles. The van der Waals surface area contributed by atoms with Crippen LogP contribution in [0.5, 0.6) is 5.75 Å². The second-order valence-corrected chi connectivity index (χ2v) is 5.63. The maximum atomic E-state index is 6.16. The first-order valence-corrected chi connectivity index (χ1v) is 7.32. The molecule has 0 saturated heterocycles. The Kier molecular flexibility index (Phi) is 6.45. The van der Waals surface area contributed by atoms with Crippen LogP contribution in [0.4, 0.5) is 0 Å². The fourth-order valence-corrected chi connectivity index (χ4v) is 2.42. The molecule has 17 heavy (non-hydrogen) atoms. The Morgan fingerprint density at radius 1 is 1.24 bits per heavy atom. The number of nitrogens with two attached hydrogens (primary N) is 1. The van der Waals surface area contributed by atoms with Crippen LogP contribution < -0.4 is 10.5 Å². The van der Waals surface area contributed by atoms with Gasteiger partial charge in [0.2, 0.25) is 0 Å². The van der Waals surface area contributed by atoms with E-state index in [0.29, 0.717) is 11.9 Å². The average Bonchev–Trinajstić information content (AvgIpc) is 2.36. The number of hydrogen-bond acceptors (Lipinski definition) is 3. The molecule has 0 aliphatic rings. The van der Waals surface area contributed by atoms with Gasteiger partial charge in [-0.2, -0.15) is 11.8 Å². The Morgan fingerprint density at radius 2 is 1.88 bits per heavy atom. The van der Waals surface area contributed by atoms with Gasteiger partial charge in [-0.25, -0.2) is 0 Å². The number of ether oxygens (including phenoxy) is 1. The van der Waals surface area contributed by atoms with Gasteiger partial charge in [0.25, 0.3) is 0 Å². The highest BCUT2D eigenvalue weighted by molar-refractivity contribution is 7.99. The van der Waals surface area contributed by atoms with Crippen molar-refractivity contribution in [3.8, 4) is 5.75 Å². The van der Waals surface area contributed by atoms with Crippen molar-refractivity contribution in [3.63, 3.8) is 0 Å². The Balaban J connectivity index is 2.48. The summed E-state index contributed by atoms with van der Waals surface area (Å²) in [5, 5.41) is 0.684. The highest BCUT2D eigenvalue weighted by Crippen LogP contribution is 2.22. The Hall–Kier alpha value is -0.670. The number of benzene rings is 1. The summed E-state index contributed by atoms with van der Waals surface area (Å²) in [5.74, 6) is 1.89. The van der Waals surface area contributed by atoms with Gasteiger partial charge < -0.3 is 10.5 Å². The third kappa shape index (κ3) is 5.00. The Bertz CT molecular complexity index is 313. The summed E-state index contributed by atoms with van der Waals surface area (Å²) in [5.41, 5.74) is 7.34. The van der Waals surface area contributed by atoms with Crippen LogP contribution in [0.2, 0.25) is 0 Å². The van der Waals surface area contributed by atoms with Crippen LogP contribution in [0.1, 0.15) is 38.8 Å². The van der Waals surface area contributed by atoms with Crippen molar-refractivity contribution in [2.45, 2.75) is 38.5 Å². The van der Waals surface area contributed by atoms with Crippen LogP contribution in [0.3, 0.4) is 0 Å². The quantitative estimate of drug-likeness (QED) is 0.806. The van der Waals surface area contributed by atoms with Crippen LogP contribution in [0.15, 0.2) is 24.3 Å². The number of hydrogen-bond donors (Lipinski definition) is 1. The van der Waals surface area contributed by atoms with Crippen molar-refractivity contribution < 1.29 is 4.74 Å². The van der Waals surface area contributed by atoms with Crippen molar-refractivity contribution in [3.05, 3.63) is 29.8 Å². The predicted octanol–water partition coefficient (Wildman–Crippen LogP) is 3.62. The lowest BCUT2D eigenvalue weighted by molar-refractivity contribution is 0.340. The summed E-state index contributed by atoms with van der Waals surface area (Å²) in [6, 6.07) is 8.23. The third-order valence-electron chi connectivity index (χ3n) is 2.75. The van der Waals surface area contributed by atoms with Crippen molar-refractivity contribution >= 4 is 11.8 Å². The molecule has 2 unspecified atom stereocenters. The standard InChI is InChI=1S/C14H23NOS/c1-4-11(3)17-10-14(15)12-6-8-13(9-7-12)16-5-2/h6-9,11,14H,4-5,10,15H2,1-3H3. The molecule has 2 N–H and O–H groups in total. The lowest BCUT2D eigenvalue weighted by Gasteiger charge is -2.15. The van der Waals surface area contributed by atoms with Crippen molar-refractivity contribution in [1.29, 1.82) is 0 Å². The first-order chi connectivity index (χ1) is 8.17. The summed E-state index contributed by atoms with van der Waals surface area (Å²) in [6.45, 7) is 7.15. The van der Waals surface area contributed by atoms with E-state index < -0.39 is 0 Å². The first kappa shape index (κ1) is 14.4. The van der Waals surface area contributed by atoms with Crippen LogP contribution >= 0.6 is 11.8 Å². The molecule has 0 spiro atoms. The number of rotatable bonds is 7. The largest absolute Gasteiger partial charge is 0.494 e. The van der Waals surface area contributed by atoms with Crippen LogP contribution in [0, 0.1) is 0 Å². The molecule has 0 saturated carbocycles. The van der Waals surface area contributed by atoms with Gasteiger partial charge in [0.05, 0.1) is 6.61 Å². The normalized spacial score (nSPS) is 14.4. The smallest absolute Gasteiger partial charge is 0.119 e. The highest BCUT2D eigenvalue weighted by Gasteiger charge is 2.08. The van der Waals surface area contributed by atoms with Crippen LogP contribution in [-0.4, -0.2) is 17.6 Å². The fourth-order valence-electron chi connectivity index (χ4n) is 1.46. The van der Waals surface area contributed by atoms with E-state index in [2.05, 4.69) is 26.0 Å². The van der Waals surface area contributed by atoms with Crippen molar-refractivity contribution in [2.24, 2.45) is 5.73 Å². The molecule has 0 aromatic heterocycles. The van der Waals surface area contributed by atoms with E-state index in [-0.39, 0.29) is 6.04 Å².